The summed E-state index contributed by atoms with van der Waals surface area (Å²) in [7, 11) is 1.49. The molecule has 0 bridgehead atoms. The van der Waals surface area contributed by atoms with Crippen molar-refractivity contribution in [2.24, 2.45) is 0 Å². The molecule has 1 unspecified atom stereocenters. The van der Waals surface area contributed by atoms with Gasteiger partial charge in [0.15, 0.2) is 5.76 Å². The zero-order chi connectivity index (χ0) is 17.9. The van der Waals surface area contributed by atoms with Crippen LogP contribution in [0.1, 0.15) is 17.5 Å². The van der Waals surface area contributed by atoms with E-state index in [1.54, 1.807) is 6.92 Å². The second kappa shape index (κ2) is 6.96. The van der Waals surface area contributed by atoms with E-state index in [-0.39, 0.29) is 23.7 Å². The minimum Gasteiger partial charge on any atom is -0.451 e. The lowest BCUT2D eigenvalue weighted by Crippen LogP contribution is -2.37. The summed E-state index contributed by atoms with van der Waals surface area (Å²) in [6.07, 6.45) is -4.84. The van der Waals surface area contributed by atoms with E-state index in [2.05, 4.69) is 4.74 Å². The van der Waals surface area contributed by atoms with Crippen molar-refractivity contribution in [3.8, 4) is 17.1 Å². The molecule has 0 aliphatic heterocycles. The third kappa shape index (κ3) is 4.08. The first-order valence-electron chi connectivity index (χ1n) is 7.06. The lowest BCUT2D eigenvalue weighted by atomic mass is 10.1. The molecular formula is C16H16F3NO4. The van der Waals surface area contributed by atoms with Crippen molar-refractivity contribution in [2.75, 3.05) is 13.7 Å². The van der Waals surface area contributed by atoms with E-state index in [0.29, 0.717) is 0 Å². The largest absolute Gasteiger partial charge is 0.573 e. The van der Waals surface area contributed by atoms with Crippen LogP contribution in [0, 0.1) is 0 Å². The van der Waals surface area contributed by atoms with Gasteiger partial charge in [0.2, 0.25) is 0 Å². The maximum absolute atomic E-state index is 12.5. The standard InChI is InChI=1S/C16H16F3NO4/c1-10(9-21)20(2)15(22)14-8-7-12(23-14)11-5-3-4-6-13(11)24-16(17,18)19/h3-8,10,21H,9H2,1-2H3. The van der Waals surface area contributed by atoms with Crippen LogP contribution in [0.5, 0.6) is 5.75 Å². The summed E-state index contributed by atoms with van der Waals surface area (Å²) in [5, 5.41) is 9.08. The highest BCUT2D eigenvalue weighted by atomic mass is 19.4. The van der Waals surface area contributed by atoms with Crippen LogP contribution in [0.4, 0.5) is 13.2 Å². The highest BCUT2D eigenvalue weighted by Crippen LogP contribution is 2.34. The fourth-order valence-electron chi connectivity index (χ4n) is 1.98. The van der Waals surface area contributed by atoms with Crippen molar-refractivity contribution in [1.29, 1.82) is 0 Å². The zero-order valence-electron chi connectivity index (χ0n) is 13.0. The van der Waals surface area contributed by atoms with Gasteiger partial charge in [0, 0.05) is 7.05 Å². The van der Waals surface area contributed by atoms with Gasteiger partial charge in [0.25, 0.3) is 5.91 Å². The van der Waals surface area contributed by atoms with Gasteiger partial charge in [-0.3, -0.25) is 4.79 Å². The number of nitrogens with zero attached hydrogens (tertiary/aromatic N) is 1. The molecule has 0 aliphatic carbocycles. The quantitative estimate of drug-likeness (QED) is 0.905. The van der Waals surface area contributed by atoms with Crippen LogP contribution >= 0.6 is 0 Å². The smallest absolute Gasteiger partial charge is 0.451 e. The maximum Gasteiger partial charge on any atom is 0.573 e. The topological polar surface area (TPSA) is 62.9 Å². The van der Waals surface area contributed by atoms with Gasteiger partial charge in [-0.05, 0) is 31.2 Å². The summed E-state index contributed by atoms with van der Waals surface area (Å²) in [6, 6.07) is 7.82. The lowest BCUT2D eigenvalue weighted by molar-refractivity contribution is -0.274. The molecule has 0 fully saturated rings. The molecule has 1 aromatic carbocycles. The number of rotatable bonds is 5. The Kier molecular flexibility index (Phi) is 5.18. The molecule has 0 saturated heterocycles. The molecule has 0 spiro atoms. The van der Waals surface area contributed by atoms with E-state index in [4.69, 9.17) is 9.52 Å². The SMILES string of the molecule is CC(CO)N(C)C(=O)c1ccc(-c2ccccc2OC(F)(F)F)o1. The number of ether oxygens (including phenoxy) is 1. The minimum absolute atomic E-state index is 0.0467. The number of likely N-dealkylation sites (N-methyl/N-ethyl adjacent to an activating group) is 1. The number of para-hydroxylation sites is 1. The molecular weight excluding hydrogens is 327 g/mol. The Labute approximate surface area is 136 Å². The predicted molar refractivity (Wildman–Crippen MR) is 79.5 cm³/mol. The van der Waals surface area contributed by atoms with Gasteiger partial charge in [0.05, 0.1) is 18.2 Å². The Morgan fingerprint density at radius 2 is 1.96 bits per heavy atom. The van der Waals surface area contributed by atoms with E-state index >= 15 is 0 Å². The predicted octanol–water partition coefficient (Wildman–Crippen LogP) is 3.30. The second-order valence-corrected chi connectivity index (χ2v) is 5.16. The number of carbonyl (C=O) groups excluding carboxylic acids is 1. The Morgan fingerprint density at radius 3 is 2.58 bits per heavy atom. The summed E-state index contributed by atoms with van der Waals surface area (Å²) >= 11 is 0. The van der Waals surface area contributed by atoms with Gasteiger partial charge in [0.1, 0.15) is 11.5 Å². The van der Waals surface area contributed by atoms with Crippen LogP contribution in [-0.2, 0) is 0 Å². The third-order valence-electron chi connectivity index (χ3n) is 3.44. The molecule has 1 atom stereocenters. The Morgan fingerprint density at radius 1 is 1.29 bits per heavy atom. The molecule has 8 heteroatoms. The monoisotopic (exact) mass is 343 g/mol. The van der Waals surface area contributed by atoms with Crippen LogP contribution < -0.4 is 4.74 Å². The highest BCUT2D eigenvalue weighted by molar-refractivity contribution is 5.92. The number of furan rings is 1. The summed E-state index contributed by atoms with van der Waals surface area (Å²) in [4.78, 5) is 13.5. The second-order valence-electron chi connectivity index (χ2n) is 5.16. The fourth-order valence-corrected chi connectivity index (χ4v) is 1.98. The molecule has 2 rings (SSSR count). The van der Waals surface area contributed by atoms with Crippen molar-refractivity contribution >= 4 is 5.91 Å². The van der Waals surface area contributed by atoms with Gasteiger partial charge in [-0.1, -0.05) is 12.1 Å². The molecule has 5 nitrogen and oxygen atoms in total. The number of carbonyl (C=O) groups is 1. The van der Waals surface area contributed by atoms with E-state index < -0.39 is 24.1 Å². The first-order valence-corrected chi connectivity index (χ1v) is 7.06. The Bertz CT molecular complexity index is 711. The molecule has 0 aliphatic rings. The van der Waals surface area contributed by atoms with Crippen LogP contribution in [0.15, 0.2) is 40.8 Å². The third-order valence-corrected chi connectivity index (χ3v) is 3.44. The van der Waals surface area contributed by atoms with Gasteiger partial charge < -0.3 is 19.2 Å². The van der Waals surface area contributed by atoms with Crippen LogP contribution in [0.25, 0.3) is 11.3 Å². The van der Waals surface area contributed by atoms with E-state index in [1.165, 1.54) is 42.3 Å². The van der Waals surface area contributed by atoms with Gasteiger partial charge in [-0.2, -0.15) is 0 Å². The van der Waals surface area contributed by atoms with E-state index in [0.717, 1.165) is 6.07 Å². The summed E-state index contributed by atoms with van der Waals surface area (Å²) in [5.41, 5.74) is 0.0757. The van der Waals surface area contributed by atoms with Crippen molar-refractivity contribution in [1.82, 2.24) is 4.90 Å². The summed E-state index contributed by atoms with van der Waals surface area (Å²) in [5.74, 6) is -0.884. The fraction of sp³-hybridized carbons (Fsp3) is 0.312. The first kappa shape index (κ1) is 17.9. The van der Waals surface area contributed by atoms with Gasteiger partial charge in [-0.15, -0.1) is 13.2 Å². The Hall–Kier alpha value is -2.48. The molecule has 1 aromatic heterocycles. The number of hydrogen-bond acceptors (Lipinski definition) is 4. The zero-order valence-corrected chi connectivity index (χ0v) is 13.0. The van der Waals surface area contributed by atoms with Crippen molar-refractivity contribution < 1.29 is 32.2 Å². The average Bonchev–Trinajstić information content (AvgIpc) is 3.01. The number of aliphatic hydroxyl groups excluding tert-OH is 1. The molecule has 1 amide bonds. The molecule has 0 radical (unpaired) electrons. The number of hydrogen-bond donors (Lipinski definition) is 1. The van der Waals surface area contributed by atoms with Crippen molar-refractivity contribution in [2.45, 2.75) is 19.3 Å². The number of amides is 1. The first-order chi connectivity index (χ1) is 11.2. The minimum atomic E-state index is -4.84. The highest BCUT2D eigenvalue weighted by Gasteiger charge is 2.32. The lowest BCUT2D eigenvalue weighted by Gasteiger charge is -2.21. The molecule has 1 heterocycles. The molecule has 1 N–H and O–H groups in total. The average molecular weight is 343 g/mol. The summed E-state index contributed by atoms with van der Waals surface area (Å²) < 4.78 is 46.8. The molecule has 24 heavy (non-hydrogen) atoms. The van der Waals surface area contributed by atoms with Crippen LogP contribution in [0.2, 0.25) is 0 Å². The number of benzene rings is 1. The molecule has 130 valence electrons. The molecule has 2 aromatic rings. The van der Waals surface area contributed by atoms with Crippen molar-refractivity contribution in [3.05, 3.63) is 42.2 Å². The van der Waals surface area contributed by atoms with Crippen LogP contribution in [-0.4, -0.2) is 42.0 Å². The van der Waals surface area contributed by atoms with E-state index in [9.17, 15) is 18.0 Å². The number of aliphatic hydroxyl groups is 1. The molecule has 0 saturated carbocycles. The maximum atomic E-state index is 12.5. The Balaban J connectivity index is 2.30. The van der Waals surface area contributed by atoms with Gasteiger partial charge >= 0.3 is 6.36 Å². The van der Waals surface area contributed by atoms with E-state index in [1.807, 2.05) is 0 Å². The van der Waals surface area contributed by atoms with Gasteiger partial charge in [-0.25, -0.2) is 0 Å². The summed E-state index contributed by atoms with van der Waals surface area (Å²) in [6.45, 7) is 1.42. The number of alkyl halides is 3. The van der Waals surface area contributed by atoms with Crippen molar-refractivity contribution in [3.63, 3.8) is 0 Å². The number of halogens is 3. The van der Waals surface area contributed by atoms with Crippen LogP contribution in [0.3, 0.4) is 0 Å². The normalized spacial score (nSPS) is 12.8.